The van der Waals surface area contributed by atoms with Gasteiger partial charge in [0.25, 0.3) is 0 Å². The van der Waals surface area contributed by atoms with Gasteiger partial charge in [0, 0.05) is 12.6 Å². The molecule has 0 aromatic heterocycles. The quantitative estimate of drug-likeness (QED) is 0.703. The van der Waals surface area contributed by atoms with Gasteiger partial charge in [0.2, 0.25) is 0 Å². The predicted molar refractivity (Wildman–Crippen MR) is 59.8 cm³/mol. The van der Waals surface area contributed by atoms with Gasteiger partial charge in [-0.3, -0.25) is 0 Å². The van der Waals surface area contributed by atoms with Crippen molar-refractivity contribution in [3.63, 3.8) is 0 Å². The highest BCUT2D eigenvalue weighted by atomic mass is 15.1. The van der Waals surface area contributed by atoms with E-state index in [4.69, 9.17) is 11.0 Å². The first kappa shape index (κ1) is 13.4. The number of hydrogen-bond acceptors (Lipinski definition) is 3. The molecule has 0 aliphatic carbocycles. The highest BCUT2D eigenvalue weighted by molar-refractivity contribution is 4.86. The molecule has 0 spiro atoms. The molecule has 0 radical (unpaired) electrons. The van der Waals surface area contributed by atoms with E-state index in [1.807, 2.05) is 0 Å². The van der Waals surface area contributed by atoms with Crippen LogP contribution in [0.3, 0.4) is 0 Å². The first-order valence-corrected chi connectivity index (χ1v) is 5.32. The molecule has 3 heteroatoms. The van der Waals surface area contributed by atoms with Crippen LogP contribution < -0.4 is 5.73 Å². The van der Waals surface area contributed by atoms with Crippen molar-refractivity contribution in [3.05, 3.63) is 0 Å². The first-order valence-electron chi connectivity index (χ1n) is 5.32. The Labute approximate surface area is 87.9 Å². The summed E-state index contributed by atoms with van der Waals surface area (Å²) in [5.41, 5.74) is 5.53. The number of rotatable bonds is 6. The van der Waals surface area contributed by atoms with E-state index in [1.54, 1.807) is 0 Å². The van der Waals surface area contributed by atoms with Gasteiger partial charge in [-0.2, -0.15) is 5.26 Å². The third-order valence-corrected chi connectivity index (χ3v) is 2.52. The standard InChI is InChI=1S/C11H23N3/c1-9(2)7-10(3)14(4)6-5-11(13)8-12/h9-11H,5-7,13H2,1-4H3. The maximum Gasteiger partial charge on any atom is 0.0940 e. The van der Waals surface area contributed by atoms with Gasteiger partial charge in [0.15, 0.2) is 0 Å². The normalized spacial score (nSPS) is 15.6. The fourth-order valence-electron chi connectivity index (χ4n) is 1.49. The summed E-state index contributed by atoms with van der Waals surface area (Å²) in [6, 6.07) is 2.31. The van der Waals surface area contributed by atoms with E-state index in [1.165, 1.54) is 6.42 Å². The van der Waals surface area contributed by atoms with Crippen LogP contribution in [0.25, 0.3) is 0 Å². The smallest absolute Gasteiger partial charge is 0.0940 e. The summed E-state index contributed by atoms with van der Waals surface area (Å²) in [6.07, 6.45) is 1.95. The van der Waals surface area contributed by atoms with Crippen LogP contribution in [-0.4, -0.2) is 30.6 Å². The maximum atomic E-state index is 8.54. The van der Waals surface area contributed by atoms with Crippen molar-refractivity contribution in [2.24, 2.45) is 11.7 Å². The van der Waals surface area contributed by atoms with E-state index in [-0.39, 0.29) is 6.04 Å². The van der Waals surface area contributed by atoms with Gasteiger partial charge in [-0.1, -0.05) is 13.8 Å². The van der Waals surface area contributed by atoms with E-state index in [2.05, 4.69) is 38.8 Å². The second kappa shape index (κ2) is 6.80. The minimum atomic E-state index is -0.316. The second-order valence-corrected chi connectivity index (χ2v) is 4.48. The van der Waals surface area contributed by atoms with E-state index in [9.17, 15) is 0 Å². The Morgan fingerprint density at radius 2 is 1.93 bits per heavy atom. The van der Waals surface area contributed by atoms with Gasteiger partial charge in [0.1, 0.15) is 0 Å². The largest absolute Gasteiger partial charge is 0.316 e. The highest BCUT2D eigenvalue weighted by Crippen LogP contribution is 2.09. The van der Waals surface area contributed by atoms with Crippen LogP contribution in [0.5, 0.6) is 0 Å². The summed E-state index contributed by atoms with van der Waals surface area (Å²) in [5.74, 6) is 0.720. The molecular formula is C11H23N3. The molecule has 2 unspecified atom stereocenters. The zero-order valence-corrected chi connectivity index (χ0v) is 9.83. The fraction of sp³-hybridized carbons (Fsp3) is 0.909. The van der Waals surface area contributed by atoms with E-state index in [0.717, 1.165) is 18.9 Å². The molecular weight excluding hydrogens is 174 g/mol. The summed E-state index contributed by atoms with van der Waals surface area (Å²) in [6.45, 7) is 7.58. The van der Waals surface area contributed by atoms with E-state index in [0.29, 0.717) is 6.04 Å². The number of nitrogens with two attached hydrogens (primary N) is 1. The van der Waals surface area contributed by atoms with Crippen LogP contribution in [0.4, 0.5) is 0 Å². The summed E-state index contributed by atoms with van der Waals surface area (Å²) < 4.78 is 0. The van der Waals surface area contributed by atoms with Gasteiger partial charge < -0.3 is 10.6 Å². The Bertz CT molecular complexity index is 183. The lowest BCUT2D eigenvalue weighted by Crippen LogP contribution is -2.34. The Hall–Kier alpha value is -0.590. The third-order valence-electron chi connectivity index (χ3n) is 2.52. The van der Waals surface area contributed by atoms with Crippen molar-refractivity contribution in [1.29, 1.82) is 5.26 Å². The van der Waals surface area contributed by atoms with Gasteiger partial charge in [-0.25, -0.2) is 0 Å². The SMILES string of the molecule is CC(C)CC(C)N(C)CCC(N)C#N. The highest BCUT2D eigenvalue weighted by Gasteiger charge is 2.11. The van der Waals surface area contributed by atoms with Gasteiger partial charge in [-0.05, 0) is 32.7 Å². The average Bonchev–Trinajstić information content (AvgIpc) is 2.12. The molecule has 14 heavy (non-hydrogen) atoms. The molecule has 0 saturated heterocycles. The van der Waals surface area contributed by atoms with Crippen LogP contribution in [0, 0.1) is 17.2 Å². The van der Waals surface area contributed by atoms with Gasteiger partial charge in [0.05, 0.1) is 12.1 Å². The van der Waals surface area contributed by atoms with Crippen LogP contribution in [0.15, 0.2) is 0 Å². The maximum absolute atomic E-state index is 8.54. The second-order valence-electron chi connectivity index (χ2n) is 4.48. The lowest BCUT2D eigenvalue weighted by molar-refractivity contribution is 0.224. The Balaban J connectivity index is 3.73. The Kier molecular flexibility index (Phi) is 6.52. The van der Waals surface area contributed by atoms with Crippen molar-refractivity contribution >= 4 is 0 Å². The van der Waals surface area contributed by atoms with Crippen LogP contribution in [0.1, 0.15) is 33.6 Å². The molecule has 0 aromatic rings. The molecule has 0 rings (SSSR count). The zero-order valence-electron chi connectivity index (χ0n) is 9.83. The molecule has 0 bridgehead atoms. The van der Waals surface area contributed by atoms with Gasteiger partial charge in [-0.15, -0.1) is 0 Å². The Morgan fingerprint density at radius 1 is 1.36 bits per heavy atom. The molecule has 0 aliphatic heterocycles. The molecule has 0 aliphatic rings. The Morgan fingerprint density at radius 3 is 2.36 bits per heavy atom. The number of nitriles is 1. The summed E-state index contributed by atoms with van der Waals surface area (Å²) in [5, 5.41) is 8.54. The number of hydrogen-bond donors (Lipinski definition) is 1. The minimum absolute atomic E-state index is 0.316. The topological polar surface area (TPSA) is 53.0 Å². The molecule has 3 nitrogen and oxygen atoms in total. The minimum Gasteiger partial charge on any atom is -0.316 e. The summed E-state index contributed by atoms with van der Waals surface area (Å²) in [4.78, 5) is 2.28. The molecule has 82 valence electrons. The van der Waals surface area contributed by atoms with E-state index < -0.39 is 0 Å². The monoisotopic (exact) mass is 197 g/mol. The van der Waals surface area contributed by atoms with Crippen molar-refractivity contribution in [3.8, 4) is 6.07 Å². The molecule has 2 atom stereocenters. The predicted octanol–water partition coefficient (Wildman–Crippen LogP) is 1.59. The molecule has 2 N–H and O–H groups in total. The molecule has 0 fully saturated rings. The molecule has 0 heterocycles. The van der Waals surface area contributed by atoms with Crippen molar-refractivity contribution < 1.29 is 0 Å². The van der Waals surface area contributed by atoms with Crippen LogP contribution >= 0.6 is 0 Å². The van der Waals surface area contributed by atoms with Crippen LogP contribution in [-0.2, 0) is 0 Å². The lowest BCUT2D eigenvalue weighted by Gasteiger charge is -2.26. The molecule has 0 amide bonds. The van der Waals surface area contributed by atoms with Crippen LogP contribution in [0.2, 0.25) is 0 Å². The number of nitrogens with zero attached hydrogens (tertiary/aromatic N) is 2. The molecule has 0 saturated carbocycles. The zero-order chi connectivity index (χ0) is 11.1. The third kappa shape index (κ3) is 5.95. The van der Waals surface area contributed by atoms with Crippen molar-refractivity contribution in [1.82, 2.24) is 4.90 Å². The lowest BCUT2D eigenvalue weighted by atomic mass is 10.0. The summed E-state index contributed by atoms with van der Waals surface area (Å²) >= 11 is 0. The van der Waals surface area contributed by atoms with E-state index >= 15 is 0 Å². The fourth-order valence-corrected chi connectivity index (χ4v) is 1.49. The average molecular weight is 197 g/mol. The van der Waals surface area contributed by atoms with Crippen molar-refractivity contribution in [2.75, 3.05) is 13.6 Å². The van der Waals surface area contributed by atoms with Crippen molar-refractivity contribution in [2.45, 2.75) is 45.7 Å². The molecule has 0 aromatic carbocycles. The first-order chi connectivity index (χ1) is 6.47. The summed E-state index contributed by atoms with van der Waals surface area (Å²) in [7, 11) is 2.09. The van der Waals surface area contributed by atoms with Gasteiger partial charge >= 0.3 is 0 Å².